The summed E-state index contributed by atoms with van der Waals surface area (Å²) in [6.07, 6.45) is 0. The highest BCUT2D eigenvalue weighted by Gasteiger charge is 2.19. The number of primary sulfonamides is 1. The van der Waals surface area contributed by atoms with Crippen LogP contribution in [0.4, 0.5) is 0 Å². The largest absolute Gasteiger partial charge is 0.496 e. The van der Waals surface area contributed by atoms with Crippen molar-refractivity contribution < 1.29 is 22.7 Å². The summed E-state index contributed by atoms with van der Waals surface area (Å²) >= 11 is 12.0. The second-order valence-electron chi connectivity index (χ2n) is 4.68. The van der Waals surface area contributed by atoms with Crippen LogP contribution < -0.4 is 9.88 Å². The third-order valence-electron chi connectivity index (χ3n) is 3.13. The van der Waals surface area contributed by atoms with E-state index in [4.69, 9.17) is 37.8 Å². The van der Waals surface area contributed by atoms with E-state index >= 15 is 0 Å². The Bertz CT molecular complexity index is 863. The smallest absolute Gasteiger partial charge is 0.342 e. The number of benzene rings is 2. The Morgan fingerprint density at radius 2 is 1.79 bits per heavy atom. The molecular formula is C15H13Cl2NO5S. The molecule has 0 amide bonds. The molecule has 0 saturated carbocycles. The predicted octanol–water partition coefficient (Wildman–Crippen LogP) is 3.01. The normalized spacial score (nSPS) is 11.2. The Morgan fingerprint density at radius 1 is 1.17 bits per heavy atom. The summed E-state index contributed by atoms with van der Waals surface area (Å²) in [6, 6.07) is 8.52. The van der Waals surface area contributed by atoms with Crippen LogP contribution in [0.1, 0.15) is 15.9 Å². The van der Waals surface area contributed by atoms with Crippen LogP contribution in [-0.4, -0.2) is 21.5 Å². The number of carbonyl (C=O) groups is 1. The van der Waals surface area contributed by atoms with Crippen molar-refractivity contribution in [2.45, 2.75) is 11.5 Å². The highest BCUT2D eigenvalue weighted by Crippen LogP contribution is 2.27. The molecule has 0 aromatic heterocycles. The van der Waals surface area contributed by atoms with E-state index in [1.165, 1.54) is 19.2 Å². The Morgan fingerprint density at radius 3 is 2.33 bits per heavy atom. The molecular weight excluding hydrogens is 377 g/mol. The number of ether oxygens (including phenoxy) is 2. The molecule has 0 aliphatic heterocycles. The zero-order valence-electron chi connectivity index (χ0n) is 12.5. The van der Waals surface area contributed by atoms with Gasteiger partial charge in [-0.1, -0.05) is 29.3 Å². The molecule has 0 unspecified atom stereocenters. The summed E-state index contributed by atoms with van der Waals surface area (Å²) in [5, 5.41) is 5.76. The maximum absolute atomic E-state index is 12.3. The van der Waals surface area contributed by atoms with Crippen LogP contribution >= 0.6 is 23.2 Å². The molecule has 128 valence electrons. The van der Waals surface area contributed by atoms with E-state index in [-0.39, 0.29) is 22.8 Å². The summed E-state index contributed by atoms with van der Waals surface area (Å²) in [4.78, 5) is 12.0. The molecule has 0 aliphatic carbocycles. The molecule has 2 aromatic rings. The molecule has 0 radical (unpaired) electrons. The molecule has 0 bridgehead atoms. The summed E-state index contributed by atoms with van der Waals surface area (Å²) < 4.78 is 33.1. The van der Waals surface area contributed by atoms with E-state index in [9.17, 15) is 13.2 Å². The van der Waals surface area contributed by atoms with Gasteiger partial charge in [0.2, 0.25) is 10.0 Å². The second-order valence-corrected chi connectivity index (χ2v) is 7.06. The fraction of sp³-hybridized carbons (Fsp3) is 0.133. The van der Waals surface area contributed by atoms with E-state index < -0.39 is 16.0 Å². The van der Waals surface area contributed by atoms with Gasteiger partial charge in [0.15, 0.2) is 0 Å². The van der Waals surface area contributed by atoms with Crippen LogP contribution in [0, 0.1) is 0 Å². The quantitative estimate of drug-likeness (QED) is 0.792. The highest BCUT2D eigenvalue weighted by molar-refractivity contribution is 7.89. The van der Waals surface area contributed by atoms with Gasteiger partial charge >= 0.3 is 5.97 Å². The van der Waals surface area contributed by atoms with Crippen LogP contribution in [-0.2, 0) is 21.4 Å². The first kappa shape index (κ1) is 18.5. The van der Waals surface area contributed by atoms with Crippen LogP contribution in [0.25, 0.3) is 0 Å². The molecule has 2 N–H and O–H groups in total. The van der Waals surface area contributed by atoms with Crippen molar-refractivity contribution in [3.8, 4) is 5.75 Å². The van der Waals surface area contributed by atoms with E-state index in [1.54, 1.807) is 18.2 Å². The van der Waals surface area contributed by atoms with E-state index in [1.807, 2.05) is 0 Å². The maximum atomic E-state index is 12.3. The lowest BCUT2D eigenvalue weighted by Crippen LogP contribution is -2.14. The van der Waals surface area contributed by atoms with Crippen molar-refractivity contribution in [1.29, 1.82) is 0 Å². The van der Waals surface area contributed by atoms with Gasteiger partial charge in [0.25, 0.3) is 0 Å². The fourth-order valence-corrected chi connectivity index (χ4v) is 2.96. The summed E-state index contributed by atoms with van der Waals surface area (Å²) in [7, 11) is -2.63. The molecule has 0 heterocycles. The Hall–Kier alpha value is -1.80. The number of sulfonamides is 1. The summed E-state index contributed by atoms with van der Waals surface area (Å²) in [6.45, 7) is -0.180. The van der Waals surface area contributed by atoms with Crippen molar-refractivity contribution in [2.24, 2.45) is 5.14 Å². The lowest BCUT2D eigenvalue weighted by Gasteiger charge is -2.11. The standard InChI is InChI=1S/C15H13Cl2NO5S/c1-22-14-6-5-9(24(18,20)21)7-10(14)15(19)23-8-11-12(16)3-2-4-13(11)17/h2-7H,8H2,1H3,(H2,18,20,21). The SMILES string of the molecule is COc1ccc(S(N)(=O)=O)cc1C(=O)OCc1c(Cl)cccc1Cl. The molecule has 2 rings (SSSR count). The van der Waals surface area contributed by atoms with Crippen molar-refractivity contribution in [1.82, 2.24) is 0 Å². The number of nitrogens with two attached hydrogens (primary N) is 1. The van der Waals surface area contributed by atoms with Crippen LogP contribution in [0.5, 0.6) is 5.75 Å². The molecule has 2 aromatic carbocycles. The maximum Gasteiger partial charge on any atom is 0.342 e. The number of hydrogen-bond acceptors (Lipinski definition) is 5. The van der Waals surface area contributed by atoms with E-state index in [0.717, 1.165) is 6.07 Å². The zero-order valence-corrected chi connectivity index (χ0v) is 14.8. The predicted molar refractivity (Wildman–Crippen MR) is 89.9 cm³/mol. The summed E-state index contributed by atoms with van der Waals surface area (Å²) in [5.41, 5.74) is 0.364. The summed E-state index contributed by atoms with van der Waals surface area (Å²) in [5.74, 6) is -0.647. The van der Waals surface area contributed by atoms with Gasteiger partial charge < -0.3 is 9.47 Å². The Balaban J connectivity index is 2.29. The third kappa shape index (κ3) is 4.18. The molecule has 6 nitrogen and oxygen atoms in total. The average Bonchev–Trinajstić information content (AvgIpc) is 2.52. The van der Waals surface area contributed by atoms with Gasteiger partial charge in [-0.2, -0.15) is 0 Å². The van der Waals surface area contributed by atoms with Crippen molar-refractivity contribution in [3.63, 3.8) is 0 Å². The molecule has 9 heteroatoms. The minimum Gasteiger partial charge on any atom is -0.496 e. The Kier molecular flexibility index (Phi) is 5.71. The first-order chi connectivity index (χ1) is 11.2. The molecule has 0 spiro atoms. The molecule has 24 heavy (non-hydrogen) atoms. The number of hydrogen-bond donors (Lipinski definition) is 1. The van der Waals surface area contributed by atoms with Crippen LogP contribution in [0.15, 0.2) is 41.3 Å². The van der Waals surface area contributed by atoms with Gasteiger partial charge in [-0.05, 0) is 30.3 Å². The first-order valence-corrected chi connectivity index (χ1v) is 8.85. The topological polar surface area (TPSA) is 95.7 Å². The lowest BCUT2D eigenvalue weighted by molar-refractivity contribution is 0.0469. The van der Waals surface area contributed by atoms with Gasteiger partial charge in [0.1, 0.15) is 17.9 Å². The average molecular weight is 390 g/mol. The first-order valence-electron chi connectivity index (χ1n) is 6.55. The van der Waals surface area contributed by atoms with Gasteiger partial charge in [0, 0.05) is 15.6 Å². The third-order valence-corrected chi connectivity index (χ3v) is 4.75. The Labute approximate surface area is 149 Å². The molecule has 0 saturated heterocycles. The van der Waals surface area contributed by atoms with Crippen molar-refractivity contribution >= 4 is 39.2 Å². The number of halogens is 2. The van der Waals surface area contributed by atoms with Gasteiger partial charge in [-0.25, -0.2) is 18.4 Å². The number of rotatable bonds is 5. The zero-order chi connectivity index (χ0) is 17.9. The van der Waals surface area contributed by atoms with Crippen LogP contribution in [0.3, 0.4) is 0 Å². The minimum atomic E-state index is -3.97. The highest BCUT2D eigenvalue weighted by atomic mass is 35.5. The number of carbonyl (C=O) groups excluding carboxylic acids is 1. The lowest BCUT2D eigenvalue weighted by atomic mass is 10.2. The number of methoxy groups -OCH3 is 1. The molecule has 0 atom stereocenters. The van der Waals surface area contributed by atoms with E-state index in [2.05, 4.69) is 0 Å². The van der Waals surface area contributed by atoms with E-state index in [0.29, 0.717) is 15.6 Å². The van der Waals surface area contributed by atoms with Crippen molar-refractivity contribution in [3.05, 3.63) is 57.6 Å². The van der Waals surface area contributed by atoms with Gasteiger partial charge in [-0.15, -0.1) is 0 Å². The van der Waals surface area contributed by atoms with Crippen LogP contribution in [0.2, 0.25) is 10.0 Å². The molecule has 0 aliphatic rings. The molecule has 0 fully saturated rings. The monoisotopic (exact) mass is 389 g/mol. The fourth-order valence-electron chi connectivity index (χ4n) is 1.91. The number of esters is 1. The van der Waals surface area contributed by atoms with Gasteiger partial charge in [-0.3, -0.25) is 0 Å². The second kappa shape index (κ2) is 7.40. The van der Waals surface area contributed by atoms with Gasteiger partial charge in [0.05, 0.1) is 12.0 Å². The van der Waals surface area contributed by atoms with Crippen molar-refractivity contribution in [2.75, 3.05) is 7.11 Å². The minimum absolute atomic E-state index is 0.0767.